The van der Waals surface area contributed by atoms with Crippen molar-refractivity contribution in [3.8, 4) is 6.07 Å². The summed E-state index contributed by atoms with van der Waals surface area (Å²) in [5.74, 6) is -0.224. The molecule has 3 aliphatic rings. The van der Waals surface area contributed by atoms with Gasteiger partial charge in [0.25, 0.3) is 11.5 Å². The van der Waals surface area contributed by atoms with Crippen LogP contribution < -0.4 is 11.1 Å². The van der Waals surface area contributed by atoms with Crippen LogP contribution >= 0.6 is 0 Å². The molecule has 6 heteroatoms. The molecular formula is C19H17N3O3. The molecule has 1 unspecified atom stereocenters. The van der Waals surface area contributed by atoms with Crippen molar-refractivity contribution >= 4 is 17.4 Å². The fraction of sp³-hybridized carbons (Fsp3) is 0.316. The number of para-hydroxylation sites is 1. The summed E-state index contributed by atoms with van der Waals surface area (Å²) < 4.78 is 6.14. The third-order valence-electron chi connectivity index (χ3n) is 4.99. The Morgan fingerprint density at radius 1 is 1.24 bits per heavy atom. The number of nitriles is 1. The zero-order valence-electron chi connectivity index (χ0n) is 14.0. The highest BCUT2D eigenvalue weighted by Gasteiger charge is 2.57. The number of nitrogens with zero attached hydrogens (tertiary/aromatic N) is 1. The molecule has 2 aliphatic heterocycles. The number of benzene rings is 1. The van der Waals surface area contributed by atoms with Gasteiger partial charge in [-0.25, -0.2) is 0 Å². The molecule has 0 bridgehead atoms. The first-order valence-corrected chi connectivity index (χ1v) is 8.07. The average Bonchev–Trinajstić information content (AvgIpc) is 2.79. The van der Waals surface area contributed by atoms with Crippen LogP contribution in [0.2, 0.25) is 0 Å². The summed E-state index contributed by atoms with van der Waals surface area (Å²) in [6, 6.07) is 9.06. The summed E-state index contributed by atoms with van der Waals surface area (Å²) in [5, 5.41) is 12.5. The van der Waals surface area contributed by atoms with E-state index < -0.39 is 11.5 Å². The highest BCUT2D eigenvalue weighted by atomic mass is 16.5. The van der Waals surface area contributed by atoms with Gasteiger partial charge in [0, 0.05) is 24.1 Å². The number of Topliss-reactive ketones (excluding diaryl/α,β-unsaturated/α-hetero) is 1. The van der Waals surface area contributed by atoms with E-state index in [9.17, 15) is 14.9 Å². The van der Waals surface area contributed by atoms with Gasteiger partial charge in [-0.05, 0) is 11.5 Å². The minimum atomic E-state index is -1.62. The van der Waals surface area contributed by atoms with Gasteiger partial charge in [-0.1, -0.05) is 32.0 Å². The minimum Gasteiger partial charge on any atom is -0.470 e. The summed E-state index contributed by atoms with van der Waals surface area (Å²) >= 11 is 0. The van der Waals surface area contributed by atoms with Gasteiger partial charge in [0.1, 0.15) is 17.4 Å². The molecule has 1 aliphatic carbocycles. The standard InChI is InChI=1S/C19H17N3O3/c1-18(2)7-13(23)15-14(8-18)25-19(11(9-20)16(15)21)10-5-3-4-6-12(10)22-17(19)24/h3-6H,7-8,21H2,1-2H3,(H,22,24). The number of allylic oxidation sites excluding steroid dienone is 2. The number of nitrogens with two attached hydrogens (primary N) is 1. The van der Waals surface area contributed by atoms with Crippen LogP contribution in [-0.2, 0) is 19.9 Å². The van der Waals surface area contributed by atoms with E-state index in [4.69, 9.17) is 10.5 Å². The monoisotopic (exact) mass is 335 g/mol. The number of amides is 1. The van der Waals surface area contributed by atoms with E-state index in [2.05, 4.69) is 5.32 Å². The first-order chi connectivity index (χ1) is 11.8. The molecule has 25 heavy (non-hydrogen) atoms. The Morgan fingerprint density at radius 2 is 1.96 bits per heavy atom. The number of ketones is 1. The normalized spacial score (nSPS) is 26.8. The Morgan fingerprint density at radius 3 is 2.68 bits per heavy atom. The molecule has 6 nitrogen and oxygen atoms in total. The van der Waals surface area contributed by atoms with Crippen LogP contribution in [0.5, 0.6) is 0 Å². The Kier molecular flexibility index (Phi) is 2.92. The number of carbonyl (C=O) groups is 2. The number of ether oxygens (including phenoxy) is 1. The van der Waals surface area contributed by atoms with E-state index in [1.165, 1.54) is 0 Å². The van der Waals surface area contributed by atoms with Gasteiger partial charge in [0.2, 0.25) is 0 Å². The highest BCUT2D eigenvalue weighted by molar-refractivity contribution is 6.10. The van der Waals surface area contributed by atoms with Crippen molar-refractivity contribution in [1.82, 2.24) is 0 Å². The second-order valence-corrected chi connectivity index (χ2v) is 7.42. The van der Waals surface area contributed by atoms with Gasteiger partial charge in [0.15, 0.2) is 5.78 Å². The number of hydrogen-bond acceptors (Lipinski definition) is 5. The minimum absolute atomic E-state index is 0.0262. The lowest BCUT2D eigenvalue weighted by Crippen LogP contribution is -2.45. The maximum atomic E-state index is 12.9. The van der Waals surface area contributed by atoms with Gasteiger partial charge >= 0.3 is 0 Å². The number of anilines is 1. The molecule has 0 fully saturated rings. The molecule has 2 heterocycles. The third kappa shape index (κ3) is 1.89. The second-order valence-electron chi connectivity index (χ2n) is 7.42. The molecule has 0 radical (unpaired) electrons. The van der Waals surface area contributed by atoms with E-state index in [1.807, 2.05) is 19.9 Å². The summed E-state index contributed by atoms with van der Waals surface area (Å²) in [6.45, 7) is 3.93. The van der Waals surface area contributed by atoms with Gasteiger partial charge in [-0.3, -0.25) is 9.59 Å². The number of rotatable bonds is 0. The van der Waals surface area contributed by atoms with Crippen LogP contribution in [0.3, 0.4) is 0 Å². The van der Waals surface area contributed by atoms with Crippen molar-refractivity contribution in [2.45, 2.75) is 32.3 Å². The molecule has 1 amide bonds. The van der Waals surface area contributed by atoms with Crippen LogP contribution in [0.25, 0.3) is 0 Å². The number of fused-ring (bicyclic) bond motifs is 2. The summed E-state index contributed by atoms with van der Waals surface area (Å²) in [6.07, 6.45) is 0.801. The van der Waals surface area contributed by atoms with Crippen molar-refractivity contribution in [1.29, 1.82) is 5.26 Å². The van der Waals surface area contributed by atoms with Gasteiger partial charge in [-0.15, -0.1) is 0 Å². The molecule has 0 saturated carbocycles. The Labute approximate surface area is 144 Å². The molecular weight excluding hydrogens is 318 g/mol. The third-order valence-corrected chi connectivity index (χ3v) is 4.99. The van der Waals surface area contributed by atoms with E-state index in [-0.39, 0.29) is 28.0 Å². The van der Waals surface area contributed by atoms with Crippen LogP contribution in [0.1, 0.15) is 32.3 Å². The lowest BCUT2D eigenvalue weighted by molar-refractivity contribution is -0.134. The maximum absolute atomic E-state index is 12.9. The second kappa shape index (κ2) is 4.73. The maximum Gasteiger partial charge on any atom is 0.279 e. The molecule has 1 atom stereocenters. The Hall–Kier alpha value is -3.07. The highest BCUT2D eigenvalue weighted by Crippen LogP contribution is 2.52. The van der Waals surface area contributed by atoms with Gasteiger partial charge < -0.3 is 15.8 Å². The first kappa shape index (κ1) is 15.5. The van der Waals surface area contributed by atoms with Crippen LogP contribution in [0, 0.1) is 16.7 Å². The quantitative estimate of drug-likeness (QED) is 0.756. The van der Waals surface area contributed by atoms with Crippen LogP contribution in [-0.4, -0.2) is 11.7 Å². The zero-order valence-corrected chi connectivity index (χ0v) is 14.0. The van der Waals surface area contributed by atoms with Crippen LogP contribution in [0.4, 0.5) is 5.69 Å². The average molecular weight is 335 g/mol. The summed E-state index contributed by atoms with van der Waals surface area (Å²) in [5.41, 5.74) is 5.70. The molecule has 1 spiro atoms. The summed E-state index contributed by atoms with van der Waals surface area (Å²) in [7, 11) is 0. The van der Waals surface area contributed by atoms with E-state index >= 15 is 0 Å². The lowest BCUT2D eigenvalue weighted by atomic mass is 9.72. The SMILES string of the molecule is CC1(C)CC(=O)C2=C(C1)OC1(C(=O)Nc3ccccc31)C(C#N)=C2N. The van der Waals surface area contributed by atoms with Crippen molar-refractivity contribution in [3.63, 3.8) is 0 Å². The smallest absolute Gasteiger partial charge is 0.279 e. The predicted octanol–water partition coefficient (Wildman–Crippen LogP) is 2.24. The zero-order chi connectivity index (χ0) is 18.0. The van der Waals surface area contributed by atoms with Gasteiger partial charge in [-0.2, -0.15) is 5.26 Å². The molecule has 126 valence electrons. The van der Waals surface area contributed by atoms with E-state index in [1.54, 1.807) is 24.3 Å². The number of hydrogen-bond donors (Lipinski definition) is 2. The first-order valence-electron chi connectivity index (χ1n) is 8.07. The van der Waals surface area contributed by atoms with Gasteiger partial charge in [0.05, 0.1) is 11.3 Å². The fourth-order valence-corrected chi connectivity index (χ4v) is 3.92. The van der Waals surface area contributed by atoms with E-state index in [0.29, 0.717) is 29.9 Å². The largest absolute Gasteiger partial charge is 0.470 e. The van der Waals surface area contributed by atoms with Crippen molar-refractivity contribution in [3.05, 3.63) is 52.4 Å². The predicted molar refractivity (Wildman–Crippen MR) is 89.7 cm³/mol. The lowest BCUT2D eigenvalue weighted by Gasteiger charge is -2.40. The van der Waals surface area contributed by atoms with Crippen molar-refractivity contribution in [2.24, 2.45) is 11.1 Å². The molecule has 0 saturated heterocycles. The Balaban J connectivity index is 1.99. The topological polar surface area (TPSA) is 105 Å². The fourth-order valence-electron chi connectivity index (χ4n) is 3.92. The van der Waals surface area contributed by atoms with Crippen molar-refractivity contribution < 1.29 is 14.3 Å². The molecule has 0 aromatic heterocycles. The Bertz CT molecular complexity index is 949. The van der Waals surface area contributed by atoms with E-state index in [0.717, 1.165) is 0 Å². The molecule has 4 rings (SSSR count). The number of nitrogens with one attached hydrogen (secondary N) is 1. The number of carbonyl (C=O) groups excluding carboxylic acids is 2. The molecule has 3 N–H and O–H groups in total. The van der Waals surface area contributed by atoms with Crippen LogP contribution in [0.15, 0.2) is 46.9 Å². The van der Waals surface area contributed by atoms with Crippen molar-refractivity contribution in [2.75, 3.05) is 5.32 Å². The molecule has 1 aromatic rings. The molecule has 1 aromatic carbocycles. The summed E-state index contributed by atoms with van der Waals surface area (Å²) in [4.78, 5) is 25.4.